The Morgan fingerprint density at radius 3 is 1.76 bits per heavy atom. The number of benzene rings is 7. The molecule has 252 valence electrons. The molecule has 0 aliphatic rings. The first-order chi connectivity index (χ1) is 26.8. The van der Waals surface area contributed by atoms with Crippen molar-refractivity contribution in [3.8, 4) is 56.4 Å². The van der Waals surface area contributed by atoms with Crippen LogP contribution in [0.2, 0.25) is 0 Å². The number of pyridine rings is 1. The van der Waals surface area contributed by atoms with Gasteiger partial charge in [0.15, 0.2) is 17.5 Å². The van der Waals surface area contributed by atoms with Crippen LogP contribution in [0.3, 0.4) is 0 Å². The van der Waals surface area contributed by atoms with Gasteiger partial charge >= 0.3 is 0 Å². The molecule has 11 aromatic rings. The molecule has 0 aliphatic heterocycles. The zero-order chi connectivity index (χ0) is 35.6. The van der Waals surface area contributed by atoms with Crippen molar-refractivity contribution >= 4 is 54.8 Å². The molecule has 0 saturated heterocycles. The third kappa shape index (κ3) is 4.81. The van der Waals surface area contributed by atoms with Gasteiger partial charge in [0.25, 0.3) is 0 Å². The van der Waals surface area contributed by atoms with Crippen LogP contribution in [0.4, 0.5) is 0 Å². The fourth-order valence-corrected chi connectivity index (χ4v) is 7.79. The Labute approximate surface area is 309 Å². The SMILES string of the molecule is c1ccc(-c2cccc(-c3nc(-c4ccc(-c5cccc6oc7ncccc7c56)c5ccccc45)nc(-c4cccc5oc6ccccc6c45)n3)c2)cc1. The lowest BCUT2D eigenvalue weighted by atomic mass is 9.92. The quantitative estimate of drug-likeness (QED) is 0.179. The smallest absolute Gasteiger partial charge is 0.227 e. The average molecular weight is 693 g/mol. The van der Waals surface area contributed by atoms with Crippen LogP contribution in [0.15, 0.2) is 179 Å². The van der Waals surface area contributed by atoms with Gasteiger partial charge in [-0.25, -0.2) is 19.9 Å². The van der Waals surface area contributed by atoms with Gasteiger partial charge < -0.3 is 8.83 Å². The first-order valence-electron chi connectivity index (χ1n) is 17.9. The van der Waals surface area contributed by atoms with Gasteiger partial charge in [0.05, 0.1) is 0 Å². The van der Waals surface area contributed by atoms with Crippen molar-refractivity contribution in [3.63, 3.8) is 0 Å². The molecular weight excluding hydrogens is 665 g/mol. The summed E-state index contributed by atoms with van der Waals surface area (Å²) in [4.78, 5) is 20.2. The minimum Gasteiger partial charge on any atom is -0.456 e. The Balaban J connectivity index is 1.16. The molecule has 0 atom stereocenters. The summed E-state index contributed by atoms with van der Waals surface area (Å²) < 4.78 is 12.5. The number of fused-ring (bicyclic) bond motifs is 7. The van der Waals surface area contributed by atoms with Crippen molar-refractivity contribution in [2.24, 2.45) is 0 Å². The fraction of sp³-hybridized carbons (Fsp3) is 0. The Kier molecular flexibility index (Phi) is 6.75. The summed E-state index contributed by atoms with van der Waals surface area (Å²) in [5, 5.41) is 6.14. The van der Waals surface area contributed by atoms with E-state index < -0.39 is 0 Å². The molecule has 0 unspecified atom stereocenters. The van der Waals surface area contributed by atoms with Crippen LogP contribution in [0.1, 0.15) is 0 Å². The van der Waals surface area contributed by atoms with E-state index in [0.717, 1.165) is 88.0 Å². The van der Waals surface area contributed by atoms with Gasteiger partial charge in [-0.05, 0) is 75.5 Å². The molecule has 0 spiro atoms. The zero-order valence-electron chi connectivity index (χ0n) is 28.8. The number of aromatic nitrogens is 4. The molecule has 6 heteroatoms. The Morgan fingerprint density at radius 2 is 0.907 bits per heavy atom. The van der Waals surface area contributed by atoms with Crippen LogP contribution >= 0.6 is 0 Å². The Hall–Kier alpha value is -7.44. The van der Waals surface area contributed by atoms with E-state index in [1.54, 1.807) is 6.20 Å². The predicted octanol–water partition coefficient (Wildman–Crippen LogP) is 12.6. The van der Waals surface area contributed by atoms with Crippen LogP contribution in [0, 0.1) is 0 Å². The van der Waals surface area contributed by atoms with E-state index in [1.165, 1.54) is 0 Å². The zero-order valence-corrected chi connectivity index (χ0v) is 28.8. The second-order valence-corrected chi connectivity index (χ2v) is 13.4. The lowest BCUT2D eigenvalue weighted by Gasteiger charge is -2.14. The molecular formula is C48H28N4O2. The monoisotopic (exact) mass is 692 g/mol. The van der Waals surface area contributed by atoms with Crippen molar-refractivity contribution in [2.45, 2.75) is 0 Å². The number of hydrogen-bond donors (Lipinski definition) is 0. The van der Waals surface area contributed by atoms with Crippen LogP contribution in [0.25, 0.3) is 111 Å². The Bertz CT molecular complexity index is 3240. The topological polar surface area (TPSA) is 77.8 Å². The van der Waals surface area contributed by atoms with E-state index in [0.29, 0.717) is 23.2 Å². The highest BCUT2D eigenvalue weighted by molar-refractivity contribution is 6.16. The number of hydrogen-bond acceptors (Lipinski definition) is 6. The first-order valence-corrected chi connectivity index (χ1v) is 17.9. The second kappa shape index (κ2) is 12.1. The standard InChI is InChI=1S/C48H28N4O2/c1-2-12-29(13-3-1)30-14-8-15-31(28-30)45-50-46(52-47(51-45)38-20-10-23-41-44(38)37-18-6-7-22-40(37)53-41)36-26-25-34(32-16-4-5-17-33(32)36)35-19-9-24-42-43(35)39-21-11-27-49-48(39)54-42/h1-28H. The normalized spacial score (nSPS) is 11.7. The van der Waals surface area contributed by atoms with Crippen molar-refractivity contribution in [2.75, 3.05) is 0 Å². The number of nitrogens with zero attached hydrogens (tertiary/aromatic N) is 4. The average Bonchev–Trinajstić information content (AvgIpc) is 3.82. The maximum Gasteiger partial charge on any atom is 0.227 e. The summed E-state index contributed by atoms with van der Waals surface area (Å²) in [6.07, 6.45) is 1.76. The summed E-state index contributed by atoms with van der Waals surface area (Å²) in [6, 6.07) is 55.9. The maximum atomic E-state index is 6.29. The molecule has 6 nitrogen and oxygen atoms in total. The summed E-state index contributed by atoms with van der Waals surface area (Å²) in [5.74, 6) is 1.75. The van der Waals surface area contributed by atoms with E-state index in [9.17, 15) is 0 Å². The van der Waals surface area contributed by atoms with Crippen LogP contribution < -0.4 is 0 Å². The second-order valence-electron chi connectivity index (χ2n) is 13.4. The lowest BCUT2D eigenvalue weighted by Crippen LogP contribution is -2.01. The highest BCUT2D eigenvalue weighted by Gasteiger charge is 2.21. The minimum absolute atomic E-state index is 0.576. The highest BCUT2D eigenvalue weighted by atomic mass is 16.3. The van der Waals surface area contributed by atoms with Gasteiger partial charge in [-0.2, -0.15) is 0 Å². The molecule has 0 bridgehead atoms. The lowest BCUT2D eigenvalue weighted by molar-refractivity contribution is 0.654. The maximum absolute atomic E-state index is 6.29. The van der Waals surface area contributed by atoms with E-state index in [2.05, 4.69) is 114 Å². The van der Waals surface area contributed by atoms with E-state index in [-0.39, 0.29) is 0 Å². The molecule has 0 fully saturated rings. The summed E-state index contributed by atoms with van der Waals surface area (Å²) in [5.41, 5.74) is 10.1. The Morgan fingerprint density at radius 1 is 0.333 bits per heavy atom. The van der Waals surface area contributed by atoms with E-state index >= 15 is 0 Å². The number of rotatable bonds is 5. The molecule has 7 aromatic carbocycles. The molecule has 4 heterocycles. The summed E-state index contributed by atoms with van der Waals surface area (Å²) in [6.45, 7) is 0. The third-order valence-electron chi connectivity index (χ3n) is 10.2. The van der Waals surface area contributed by atoms with Crippen LogP contribution in [0.5, 0.6) is 0 Å². The minimum atomic E-state index is 0.576. The molecule has 0 N–H and O–H groups in total. The van der Waals surface area contributed by atoms with Crippen molar-refractivity contribution in [1.29, 1.82) is 0 Å². The fourth-order valence-electron chi connectivity index (χ4n) is 7.79. The molecule has 0 saturated carbocycles. The molecule has 11 rings (SSSR count). The van der Waals surface area contributed by atoms with E-state index in [1.807, 2.05) is 54.6 Å². The third-order valence-corrected chi connectivity index (χ3v) is 10.2. The van der Waals surface area contributed by atoms with Crippen LogP contribution in [-0.4, -0.2) is 19.9 Å². The van der Waals surface area contributed by atoms with Gasteiger partial charge in [0.2, 0.25) is 5.71 Å². The predicted molar refractivity (Wildman–Crippen MR) is 217 cm³/mol. The molecule has 0 amide bonds. The highest BCUT2D eigenvalue weighted by Crippen LogP contribution is 2.42. The van der Waals surface area contributed by atoms with E-state index in [4.69, 9.17) is 23.8 Å². The van der Waals surface area contributed by atoms with Crippen molar-refractivity contribution in [1.82, 2.24) is 19.9 Å². The summed E-state index contributed by atoms with van der Waals surface area (Å²) in [7, 11) is 0. The van der Waals surface area contributed by atoms with Crippen molar-refractivity contribution < 1.29 is 8.83 Å². The largest absolute Gasteiger partial charge is 0.456 e. The van der Waals surface area contributed by atoms with Gasteiger partial charge in [0.1, 0.15) is 16.7 Å². The van der Waals surface area contributed by atoms with Gasteiger partial charge in [-0.15, -0.1) is 0 Å². The van der Waals surface area contributed by atoms with Gasteiger partial charge in [-0.1, -0.05) is 121 Å². The first kappa shape index (κ1) is 30.2. The summed E-state index contributed by atoms with van der Waals surface area (Å²) >= 11 is 0. The molecule has 0 radical (unpaired) electrons. The van der Waals surface area contributed by atoms with Gasteiger partial charge in [-0.3, -0.25) is 0 Å². The van der Waals surface area contributed by atoms with Crippen molar-refractivity contribution in [3.05, 3.63) is 170 Å². The number of furan rings is 2. The molecule has 54 heavy (non-hydrogen) atoms. The van der Waals surface area contributed by atoms with Crippen LogP contribution in [-0.2, 0) is 0 Å². The van der Waals surface area contributed by atoms with Gasteiger partial charge in [0, 0.05) is 44.4 Å². The molecule has 0 aliphatic carbocycles. The number of para-hydroxylation sites is 1. The molecule has 4 aromatic heterocycles.